The highest BCUT2D eigenvalue weighted by Gasteiger charge is 2.25. The second-order valence-corrected chi connectivity index (χ2v) is 5.94. The molecule has 0 fully saturated rings. The molecule has 0 N–H and O–H groups in total. The maximum absolute atomic E-state index is 13.9. The van der Waals surface area contributed by atoms with Gasteiger partial charge in [-0.15, -0.1) is 0 Å². The normalized spacial score (nSPS) is 15.5. The molecule has 3 aromatic carbocycles. The number of esters is 1. The quantitative estimate of drug-likeness (QED) is 0.482. The Morgan fingerprint density at radius 1 is 1.00 bits per heavy atom. The molecule has 0 unspecified atom stereocenters. The van der Waals surface area contributed by atoms with E-state index in [2.05, 4.69) is 4.99 Å². The number of halogens is 2. The van der Waals surface area contributed by atoms with Gasteiger partial charge in [0, 0.05) is 11.1 Å². The molecule has 0 atom stereocenters. The van der Waals surface area contributed by atoms with Crippen molar-refractivity contribution in [3.8, 4) is 0 Å². The Morgan fingerprint density at radius 3 is 2.60 bits per heavy atom. The van der Waals surface area contributed by atoms with Crippen LogP contribution < -0.4 is 0 Å². The van der Waals surface area contributed by atoms with Crippen molar-refractivity contribution >= 4 is 40.3 Å². The molecule has 0 saturated heterocycles. The Balaban J connectivity index is 1.75. The number of benzene rings is 3. The van der Waals surface area contributed by atoms with Crippen LogP contribution in [0.25, 0.3) is 16.8 Å². The number of fused-ring (bicyclic) bond motifs is 1. The van der Waals surface area contributed by atoms with E-state index in [4.69, 9.17) is 16.3 Å². The lowest BCUT2D eigenvalue weighted by Crippen LogP contribution is -2.05. The van der Waals surface area contributed by atoms with Crippen LogP contribution in [-0.4, -0.2) is 11.9 Å². The monoisotopic (exact) mass is 351 g/mol. The molecule has 1 aliphatic heterocycles. The molecule has 0 amide bonds. The van der Waals surface area contributed by atoms with Crippen LogP contribution in [0.1, 0.15) is 11.1 Å². The third-order valence-electron chi connectivity index (χ3n) is 3.90. The summed E-state index contributed by atoms with van der Waals surface area (Å²) in [6.07, 6.45) is 1.30. The molecule has 0 bridgehead atoms. The maximum atomic E-state index is 13.9. The van der Waals surface area contributed by atoms with Crippen LogP contribution in [0.5, 0.6) is 0 Å². The van der Waals surface area contributed by atoms with Gasteiger partial charge in [-0.2, -0.15) is 0 Å². The van der Waals surface area contributed by atoms with Gasteiger partial charge in [0.25, 0.3) is 0 Å². The standard InChI is InChI=1S/C20H11ClFNO2/c21-16-6-3-7-17(22)15(16)11-18-20(24)25-19(23-18)14-9-8-12-4-1-2-5-13(12)10-14/h1-11H/b18-11-. The van der Waals surface area contributed by atoms with Crippen molar-refractivity contribution in [3.05, 3.63) is 88.3 Å². The number of hydrogen-bond acceptors (Lipinski definition) is 3. The van der Waals surface area contributed by atoms with Gasteiger partial charge in [0.2, 0.25) is 5.90 Å². The SMILES string of the molecule is O=C1OC(c2ccc3ccccc3c2)=N/C1=C\c1c(F)cccc1Cl. The van der Waals surface area contributed by atoms with E-state index in [1.807, 2.05) is 42.5 Å². The summed E-state index contributed by atoms with van der Waals surface area (Å²) in [6.45, 7) is 0. The predicted octanol–water partition coefficient (Wildman–Crippen LogP) is 4.98. The first-order valence-electron chi connectivity index (χ1n) is 7.57. The minimum atomic E-state index is -0.637. The van der Waals surface area contributed by atoms with E-state index in [0.717, 1.165) is 10.8 Å². The Kier molecular flexibility index (Phi) is 3.82. The Labute approximate surface area is 148 Å². The first-order chi connectivity index (χ1) is 12.1. The van der Waals surface area contributed by atoms with Crippen molar-refractivity contribution < 1.29 is 13.9 Å². The van der Waals surface area contributed by atoms with Crippen LogP contribution in [0, 0.1) is 5.82 Å². The summed E-state index contributed by atoms with van der Waals surface area (Å²) >= 11 is 5.99. The van der Waals surface area contributed by atoms with E-state index < -0.39 is 11.8 Å². The number of rotatable bonds is 2. The maximum Gasteiger partial charge on any atom is 0.363 e. The first-order valence-corrected chi connectivity index (χ1v) is 7.95. The molecule has 3 aromatic rings. The average molecular weight is 352 g/mol. The van der Waals surface area contributed by atoms with E-state index in [9.17, 15) is 9.18 Å². The fourth-order valence-corrected chi connectivity index (χ4v) is 2.86. The van der Waals surface area contributed by atoms with Gasteiger partial charge in [-0.05, 0) is 41.1 Å². The number of hydrogen-bond donors (Lipinski definition) is 0. The minimum absolute atomic E-state index is 0.00941. The molecule has 5 heteroatoms. The van der Waals surface area contributed by atoms with Gasteiger partial charge in [-0.3, -0.25) is 0 Å². The first kappa shape index (κ1) is 15.5. The van der Waals surface area contributed by atoms with Gasteiger partial charge in [0.1, 0.15) is 5.82 Å². The molecule has 0 aliphatic carbocycles. The van der Waals surface area contributed by atoms with Crippen LogP contribution in [0.15, 0.2) is 71.4 Å². The molecule has 0 aromatic heterocycles. The van der Waals surface area contributed by atoms with Crippen LogP contribution in [-0.2, 0) is 9.53 Å². The van der Waals surface area contributed by atoms with Crippen molar-refractivity contribution in [1.82, 2.24) is 0 Å². The fourth-order valence-electron chi connectivity index (χ4n) is 2.64. The zero-order valence-electron chi connectivity index (χ0n) is 12.9. The number of ether oxygens (including phenoxy) is 1. The smallest absolute Gasteiger partial charge is 0.363 e. The summed E-state index contributed by atoms with van der Waals surface area (Å²) in [5.41, 5.74) is 0.796. The highest BCUT2D eigenvalue weighted by Crippen LogP contribution is 2.26. The zero-order chi connectivity index (χ0) is 17.4. The minimum Gasteiger partial charge on any atom is -0.402 e. The van der Waals surface area contributed by atoms with Gasteiger partial charge < -0.3 is 4.74 Å². The van der Waals surface area contributed by atoms with Crippen LogP contribution >= 0.6 is 11.6 Å². The van der Waals surface area contributed by atoms with Gasteiger partial charge in [0.15, 0.2) is 5.70 Å². The Bertz CT molecular complexity index is 1050. The molecule has 0 saturated carbocycles. The highest BCUT2D eigenvalue weighted by molar-refractivity contribution is 6.32. The van der Waals surface area contributed by atoms with Gasteiger partial charge in [0.05, 0.1) is 5.02 Å². The van der Waals surface area contributed by atoms with Gasteiger partial charge >= 0.3 is 5.97 Å². The molecule has 1 aliphatic rings. The van der Waals surface area contributed by atoms with Crippen molar-refractivity contribution in [2.45, 2.75) is 0 Å². The van der Waals surface area contributed by atoms with E-state index >= 15 is 0 Å². The lowest BCUT2D eigenvalue weighted by atomic mass is 10.1. The topological polar surface area (TPSA) is 38.7 Å². The van der Waals surface area contributed by atoms with E-state index in [1.54, 1.807) is 6.07 Å². The summed E-state index contributed by atoms with van der Waals surface area (Å²) in [7, 11) is 0. The second kappa shape index (κ2) is 6.15. The summed E-state index contributed by atoms with van der Waals surface area (Å²) in [5, 5.41) is 2.29. The lowest BCUT2D eigenvalue weighted by molar-refractivity contribution is -0.129. The Hall–Kier alpha value is -2.98. The van der Waals surface area contributed by atoms with Crippen molar-refractivity contribution in [2.75, 3.05) is 0 Å². The predicted molar refractivity (Wildman–Crippen MR) is 96.0 cm³/mol. The molecule has 3 nitrogen and oxygen atoms in total. The molecular weight excluding hydrogens is 341 g/mol. The summed E-state index contributed by atoms with van der Waals surface area (Å²) in [4.78, 5) is 16.3. The Morgan fingerprint density at radius 2 is 1.80 bits per heavy atom. The van der Waals surface area contributed by atoms with E-state index in [1.165, 1.54) is 18.2 Å². The molecule has 25 heavy (non-hydrogen) atoms. The van der Waals surface area contributed by atoms with Crippen LogP contribution in [0.3, 0.4) is 0 Å². The lowest BCUT2D eigenvalue weighted by Gasteiger charge is -2.02. The molecular formula is C20H11ClFNO2. The fraction of sp³-hybridized carbons (Fsp3) is 0. The molecule has 4 rings (SSSR count). The number of nitrogens with zero attached hydrogens (tertiary/aromatic N) is 1. The van der Waals surface area contributed by atoms with Gasteiger partial charge in [-0.25, -0.2) is 14.2 Å². The molecule has 0 spiro atoms. The number of cyclic esters (lactones) is 1. The number of aliphatic imine (C=N–C) groups is 1. The van der Waals surface area contributed by atoms with E-state index in [-0.39, 0.29) is 22.2 Å². The average Bonchev–Trinajstić information content (AvgIpc) is 2.98. The summed E-state index contributed by atoms with van der Waals surface area (Å²) in [6, 6.07) is 17.8. The highest BCUT2D eigenvalue weighted by atomic mass is 35.5. The summed E-state index contributed by atoms with van der Waals surface area (Å²) < 4.78 is 19.1. The third-order valence-corrected chi connectivity index (χ3v) is 4.23. The van der Waals surface area contributed by atoms with Gasteiger partial charge in [-0.1, -0.05) is 48.0 Å². The van der Waals surface area contributed by atoms with Crippen molar-refractivity contribution in [2.24, 2.45) is 4.99 Å². The molecule has 0 radical (unpaired) electrons. The largest absolute Gasteiger partial charge is 0.402 e. The van der Waals surface area contributed by atoms with Crippen molar-refractivity contribution in [3.63, 3.8) is 0 Å². The molecule has 1 heterocycles. The molecule has 122 valence electrons. The van der Waals surface area contributed by atoms with Crippen LogP contribution in [0.4, 0.5) is 4.39 Å². The zero-order valence-corrected chi connectivity index (χ0v) is 13.6. The number of carbonyl (C=O) groups is 1. The van der Waals surface area contributed by atoms with Crippen molar-refractivity contribution in [1.29, 1.82) is 0 Å². The van der Waals surface area contributed by atoms with E-state index in [0.29, 0.717) is 5.56 Å². The number of carbonyl (C=O) groups excluding carboxylic acids is 1. The second-order valence-electron chi connectivity index (χ2n) is 5.53. The third kappa shape index (κ3) is 2.92. The summed E-state index contributed by atoms with van der Waals surface area (Å²) in [5.74, 6) is -0.973. The van der Waals surface area contributed by atoms with Crippen LogP contribution in [0.2, 0.25) is 5.02 Å².